The largest absolute Gasteiger partial charge is 0.357 e. The monoisotopic (exact) mass is 260 g/mol. The van der Waals surface area contributed by atoms with Crippen LogP contribution in [0.3, 0.4) is 0 Å². The normalized spacial score (nSPS) is 20.5. The van der Waals surface area contributed by atoms with E-state index in [1.807, 2.05) is 13.2 Å². The molecule has 6 nitrogen and oxygen atoms in total. The molecule has 0 amide bonds. The molecule has 6 heteroatoms. The van der Waals surface area contributed by atoms with Crippen LogP contribution < -0.4 is 10.2 Å². The number of anilines is 2. The SMILES string of the molecule is CNc1nc(N2CCCCCC2C)c2cn[nH]c2n1. The Morgan fingerprint density at radius 2 is 2.21 bits per heavy atom. The van der Waals surface area contributed by atoms with E-state index in [-0.39, 0.29) is 0 Å². The van der Waals surface area contributed by atoms with Crippen molar-refractivity contribution in [2.24, 2.45) is 0 Å². The Bertz CT molecular complexity index is 563. The lowest BCUT2D eigenvalue weighted by Crippen LogP contribution is -2.33. The van der Waals surface area contributed by atoms with Crippen molar-refractivity contribution in [3.05, 3.63) is 6.20 Å². The summed E-state index contributed by atoms with van der Waals surface area (Å²) in [4.78, 5) is 11.4. The molecule has 1 unspecified atom stereocenters. The summed E-state index contributed by atoms with van der Waals surface area (Å²) in [6.45, 7) is 3.33. The first kappa shape index (κ1) is 12.2. The Kier molecular flexibility index (Phi) is 3.23. The number of rotatable bonds is 2. The van der Waals surface area contributed by atoms with Crippen LogP contribution in [0.5, 0.6) is 0 Å². The molecule has 3 heterocycles. The molecule has 1 aliphatic rings. The summed E-state index contributed by atoms with van der Waals surface area (Å²) in [5, 5.41) is 11.1. The fourth-order valence-electron chi connectivity index (χ4n) is 2.74. The highest BCUT2D eigenvalue weighted by Crippen LogP contribution is 2.28. The third kappa shape index (κ3) is 2.22. The number of fused-ring (bicyclic) bond motifs is 1. The zero-order chi connectivity index (χ0) is 13.2. The van der Waals surface area contributed by atoms with Crippen molar-refractivity contribution in [2.45, 2.75) is 38.6 Å². The van der Waals surface area contributed by atoms with Crippen LogP contribution in [-0.2, 0) is 0 Å². The maximum absolute atomic E-state index is 4.65. The molecule has 1 atom stereocenters. The maximum atomic E-state index is 4.65. The van der Waals surface area contributed by atoms with Crippen molar-refractivity contribution < 1.29 is 0 Å². The number of H-pyrrole nitrogens is 1. The number of hydrogen-bond donors (Lipinski definition) is 2. The van der Waals surface area contributed by atoms with E-state index in [9.17, 15) is 0 Å². The fraction of sp³-hybridized carbons (Fsp3) is 0.615. The maximum Gasteiger partial charge on any atom is 0.226 e. The van der Waals surface area contributed by atoms with Gasteiger partial charge in [0.2, 0.25) is 5.95 Å². The highest BCUT2D eigenvalue weighted by Gasteiger charge is 2.22. The average Bonchev–Trinajstić information content (AvgIpc) is 2.80. The van der Waals surface area contributed by atoms with E-state index in [4.69, 9.17) is 0 Å². The van der Waals surface area contributed by atoms with Crippen LogP contribution in [-0.4, -0.2) is 39.8 Å². The van der Waals surface area contributed by atoms with Gasteiger partial charge >= 0.3 is 0 Å². The third-order valence-corrected chi connectivity index (χ3v) is 3.84. The fourth-order valence-corrected chi connectivity index (χ4v) is 2.74. The van der Waals surface area contributed by atoms with Crippen LogP contribution in [0, 0.1) is 0 Å². The zero-order valence-electron chi connectivity index (χ0n) is 11.5. The lowest BCUT2D eigenvalue weighted by atomic mass is 10.1. The first-order chi connectivity index (χ1) is 9.29. The van der Waals surface area contributed by atoms with Gasteiger partial charge in [0.1, 0.15) is 5.82 Å². The molecule has 0 bridgehead atoms. The Hall–Kier alpha value is -1.85. The molecule has 0 spiro atoms. The molecule has 1 saturated heterocycles. The first-order valence-corrected chi connectivity index (χ1v) is 6.95. The second-order valence-corrected chi connectivity index (χ2v) is 5.14. The second kappa shape index (κ2) is 5.03. The Labute approximate surface area is 112 Å². The molecule has 19 heavy (non-hydrogen) atoms. The van der Waals surface area contributed by atoms with Crippen molar-refractivity contribution in [2.75, 3.05) is 23.8 Å². The number of hydrogen-bond acceptors (Lipinski definition) is 5. The molecular weight excluding hydrogens is 240 g/mol. The predicted molar refractivity (Wildman–Crippen MR) is 76.5 cm³/mol. The summed E-state index contributed by atoms with van der Waals surface area (Å²) in [7, 11) is 1.84. The molecule has 2 aromatic rings. The van der Waals surface area contributed by atoms with Crippen LogP contribution in [0.4, 0.5) is 11.8 Å². The van der Waals surface area contributed by atoms with Gasteiger partial charge in [-0.15, -0.1) is 0 Å². The summed E-state index contributed by atoms with van der Waals surface area (Å²) in [5.41, 5.74) is 0.797. The zero-order valence-corrected chi connectivity index (χ0v) is 11.5. The molecule has 2 N–H and O–H groups in total. The molecule has 2 aromatic heterocycles. The van der Waals surface area contributed by atoms with Gasteiger partial charge in [0.05, 0.1) is 11.6 Å². The van der Waals surface area contributed by atoms with Crippen molar-refractivity contribution in [1.82, 2.24) is 20.2 Å². The van der Waals surface area contributed by atoms with Crippen molar-refractivity contribution in [1.29, 1.82) is 0 Å². The van der Waals surface area contributed by atoms with Crippen LogP contribution in [0.15, 0.2) is 6.20 Å². The second-order valence-electron chi connectivity index (χ2n) is 5.14. The average molecular weight is 260 g/mol. The van der Waals surface area contributed by atoms with Crippen molar-refractivity contribution >= 4 is 22.8 Å². The molecule has 0 aliphatic carbocycles. The van der Waals surface area contributed by atoms with E-state index in [0.29, 0.717) is 12.0 Å². The van der Waals surface area contributed by atoms with E-state index in [1.165, 1.54) is 25.7 Å². The lowest BCUT2D eigenvalue weighted by molar-refractivity contribution is 0.612. The predicted octanol–water partition coefficient (Wildman–Crippen LogP) is 2.16. The lowest BCUT2D eigenvalue weighted by Gasteiger charge is -2.28. The van der Waals surface area contributed by atoms with Gasteiger partial charge < -0.3 is 10.2 Å². The molecule has 0 radical (unpaired) electrons. The summed E-state index contributed by atoms with van der Waals surface area (Å²) < 4.78 is 0. The minimum atomic E-state index is 0.514. The Morgan fingerprint density at radius 1 is 1.32 bits per heavy atom. The van der Waals surface area contributed by atoms with Crippen molar-refractivity contribution in [3.8, 4) is 0 Å². The van der Waals surface area contributed by atoms with E-state index in [0.717, 1.165) is 23.4 Å². The number of nitrogens with zero attached hydrogens (tertiary/aromatic N) is 4. The van der Waals surface area contributed by atoms with Gasteiger partial charge in [0.15, 0.2) is 5.65 Å². The number of nitrogens with one attached hydrogen (secondary N) is 2. The molecule has 0 saturated carbocycles. The standard InChI is InChI=1S/C13H20N6/c1-9-6-4-3-5-7-19(9)12-10-8-15-18-11(10)16-13(14-2)17-12/h8-9H,3-7H2,1-2H3,(H2,14,15,16,17,18). The third-order valence-electron chi connectivity index (χ3n) is 3.84. The van der Waals surface area contributed by atoms with E-state index in [1.54, 1.807) is 0 Å². The van der Waals surface area contributed by atoms with Gasteiger partial charge in [0.25, 0.3) is 0 Å². The van der Waals surface area contributed by atoms with Crippen LogP contribution in [0.25, 0.3) is 11.0 Å². The van der Waals surface area contributed by atoms with Gasteiger partial charge in [0, 0.05) is 19.6 Å². The van der Waals surface area contributed by atoms with Crippen molar-refractivity contribution in [3.63, 3.8) is 0 Å². The van der Waals surface area contributed by atoms with Gasteiger partial charge in [-0.3, -0.25) is 5.10 Å². The molecule has 0 aromatic carbocycles. The molecule has 1 aliphatic heterocycles. The van der Waals surface area contributed by atoms with E-state index in [2.05, 4.69) is 37.3 Å². The number of aromatic nitrogens is 4. The highest BCUT2D eigenvalue weighted by atomic mass is 15.3. The van der Waals surface area contributed by atoms with E-state index >= 15 is 0 Å². The molecule has 3 rings (SSSR count). The van der Waals surface area contributed by atoms with Gasteiger partial charge in [-0.1, -0.05) is 12.8 Å². The van der Waals surface area contributed by atoms with Crippen LogP contribution in [0.1, 0.15) is 32.6 Å². The summed E-state index contributed by atoms with van der Waals surface area (Å²) in [5.74, 6) is 1.64. The van der Waals surface area contributed by atoms with E-state index < -0.39 is 0 Å². The summed E-state index contributed by atoms with van der Waals surface area (Å²) in [6.07, 6.45) is 6.87. The van der Waals surface area contributed by atoms with Gasteiger partial charge in [-0.05, 0) is 19.8 Å². The smallest absolute Gasteiger partial charge is 0.226 e. The summed E-state index contributed by atoms with van der Waals surface area (Å²) >= 11 is 0. The number of aromatic amines is 1. The quantitative estimate of drug-likeness (QED) is 0.866. The molecular formula is C13H20N6. The molecule has 1 fully saturated rings. The topological polar surface area (TPSA) is 69.7 Å². The first-order valence-electron chi connectivity index (χ1n) is 6.95. The van der Waals surface area contributed by atoms with Crippen LogP contribution in [0.2, 0.25) is 0 Å². The van der Waals surface area contributed by atoms with Gasteiger partial charge in [-0.25, -0.2) is 0 Å². The van der Waals surface area contributed by atoms with Gasteiger partial charge in [-0.2, -0.15) is 15.1 Å². The minimum Gasteiger partial charge on any atom is -0.357 e. The molecule has 102 valence electrons. The minimum absolute atomic E-state index is 0.514. The van der Waals surface area contributed by atoms with Crippen LogP contribution >= 0.6 is 0 Å². The Morgan fingerprint density at radius 3 is 3.05 bits per heavy atom. The summed E-state index contributed by atoms with van der Waals surface area (Å²) in [6, 6.07) is 0.514. The highest BCUT2D eigenvalue weighted by molar-refractivity contribution is 5.87. The Balaban J connectivity index is 2.08.